The molecule has 2 heterocycles. The molecule has 0 fully saturated rings. The van der Waals surface area contributed by atoms with Crippen molar-refractivity contribution in [3.8, 4) is 5.75 Å². The third-order valence-corrected chi connectivity index (χ3v) is 3.67. The van der Waals surface area contributed by atoms with Crippen molar-refractivity contribution >= 4 is 34.8 Å². The average molecular weight is 365 g/mol. The monoisotopic (exact) mass is 364 g/mol. The van der Waals surface area contributed by atoms with Crippen LogP contribution in [0, 0.1) is 0 Å². The van der Waals surface area contributed by atoms with E-state index in [1.807, 2.05) is 0 Å². The van der Waals surface area contributed by atoms with Crippen molar-refractivity contribution in [2.75, 3.05) is 0 Å². The number of hydrogen-bond donors (Lipinski definition) is 1. The number of benzene rings is 1. The second-order valence-corrected chi connectivity index (χ2v) is 5.77. The molecule has 1 aromatic carbocycles. The van der Waals surface area contributed by atoms with Gasteiger partial charge in [0.05, 0.1) is 10.7 Å². The third-order valence-electron chi connectivity index (χ3n) is 3.21. The summed E-state index contributed by atoms with van der Waals surface area (Å²) in [6.07, 6.45) is 1.45. The normalized spacial score (nSPS) is 10.8. The Hall–Kier alpha value is -2.57. The van der Waals surface area contributed by atoms with E-state index in [1.165, 1.54) is 34.9 Å². The van der Waals surface area contributed by atoms with Crippen LogP contribution >= 0.6 is 23.2 Å². The van der Waals surface area contributed by atoms with Crippen molar-refractivity contribution in [3.63, 3.8) is 0 Å². The van der Waals surface area contributed by atoms with Crippen LogP contribution in [0.1, 0.15) is 16.1 Å². The van der Waals surface area contributed by atoms with Gasteiger partial charge in [-0.1, -0.05) is 23.2 Å². The SMILES string of the molecule is O=C(OCc1cc(=O)n2cc(Cl)ccc2n1)c1ccc(Cl)cc1O. The molecule has 0 aliphatic carbocycles. The van der Waals surface area contributed by atoms with E-state index in [4.69, 9.17) is 27.9 Å². The number of esters is 1. The van der Waals surface area contributed by atoms with E-state index in [9.17, 15) is 14.7 Å². The van der Waals surface area contributed by atoms with Crippen LogP contribution in [0.2, 0.25) is 10.0 Å². The lowest BCUT2D eigenvalue weighted by atomic mass is 10.2. The summed E-state index contributed by atoms with van der Waals surface area (Å²) in [5, 5.41) is 10.4. The molecule has 3 rings (SSSR count). The van der Waals surface area contributed by atoms with Crippen LogP contribution < -0.4 is 5.56 Å². The van der Waals surface area contributed by atoms with E-state index in [0.29, 0.717) is 15.7 Å². The summed E-state index contributed by atoms with van der Waals surface area (Å²) in [7, 11) is 0. The number of phenols is 1. The second-order valence-electron chi connectivity index (χ2n) is 4.90. The fourth-order valence-electron chi connectivity index (χ4n) is 2.09. The molecule has 0 aliphatic heterocycles. The number of rotatable bonds is 3. The number of aromatic nitrogens is 2. The van der Waals surface area contributed by atoms with Crippen molar-refractivity contribution < 1.29 is 14.6 Å². The highest BCUT2D eigenvalue weighted by Gasteiger charge is 2.14. The van der Waals surface area contributed by atoms with Gasteiger partial charge in [-0.15, -0.1) is 0 Å². The predicted molar refractivity (Wildman–Crippen MR) is 88.7 cm³/mol. The van der Waals surface area contributed by atoms with Gasteiger partial charge >= 0.3 is 5.97 Å². The molecular weight excluding hydrogens is 355 g/mol. The molecule has 0 amide bonds. The first-order valence-corrected chi connectivity index (χ1v) is 7.53. The van der Waals surface area contributed by atoms with Gasteiger partial charge in [0.2, 0.25) is 0 Å². The number of halogens is 2. The van der Waals surface area contributed by atoms with Gasteiger partial charge in [0.1, 0.15) is 23.6 Å². The number of pyridine rings is 1. The van der Waals surface area contributed by atoms with Crippen molar-refractivity contribution in [3.05, 3.63) is 74.3 Å². The van der Waals surface area contributed by atoms with Crippen LogP contribution in [0.3, 0.4) is 0 Å². The third kappa shape index (κ3) is 3.34. The Morgan fingerprint density at radius 2 is 1.92 bits per heavy atom. The number of fused-ring (bicyclic) bond motifs is 1. The molecule has 0 saturated heterocycles. The maximum absolute atomic E-state index is 12.0. The minimum Gasteiger partial charge on any atom is -0.507 e. The molecule has 1 N–H and O–H groups in total. The Balaban J connectivity index is 1.81. The van der Waals surface area contributed by atoms with Crippen molar-refractivity contribution in [2.45, 2.75) is 6.61 Å². The lowest BCUT2D eigenvalue weighted by molar-refractivity contribution is 0.0464. The summed E-state index contributed by atoms with van der Waals surface area (Å²) < 4.78 is 6.37. The molecule has 0 aliphatic rings. The quantitative estimate of drug-likeness (QED) is 0.722. The lowest BCUT2D eigenvalue weighted by Crippen LogP contribution is -2.16. The van der Waals surface area contributed by atoms with Gasteiger partial charge < -0.3 is 9.84 Å². The maximum atomic E-state index is 12.0. The fraction of sp³-hybridized carbons (Fsp3) is 0.0625. The Bertz CT molecular complexity index is 1000. The van der Waals surface area contributed by atoms with Gasteiger partial charge in [-0.2, -0.15) is 0 Å². The molecule has 0 spiro atoms. The summed E-state index contributed by atoms with van der Waals surface area (Å²) in [5.74, 6) is -1.03. The first-order chi connectivity index (χ1) is 11.4. The number of carbonyl (C=O) groups is 1. The van der Waals surface area contributed by atoms with E-state index in [0.717, 1.165) is 0 Å². The standard InChI is InChI=1S/C16H10Cl2N2O4/c17-9-1-3-12(13(21)5-9)16(23)24-8-11-6-15(22)20-7-10(18)2-4-14(20)19-11/h1-7,21H,8H2. The summed E-state index contributed by atoms with van der Waals surface area (Å²) in [4.78, 5) is 28.2. The van der Waals surface area contributed by atoms with Crippen molar-refractivity contribution in [1.29, 1.82) is 0 Å². The van der Waals surface area contributed by atoms with E-state index in [1.54, 1.807) is 12.1 Å². The smallest absolute Gasteiger partial charge is 0.342 e. The predicted octanol–water partition coefficient (Wildman–Crippen LogP) is 3.06. The van der Waals surface area contributed by atoms with Gasteiger partial charge in [-0.25, -0.2) is 9.78 Å². The number of nitrogens with zero attached hydrogens (tertiary/aromatic N) is 2. The molecule has 6 nitrogen and oxygen atoms in total. The highest BCUT2D eigenvalue weighted by atomic mass is 35.5. The Kier molecular flexibility index (Phi) is 4.42. The van der Waals surface area contributed by atoms with E-state index in [-0.39, 0.29) is 29.2 Å². The zero-order chi connectivity index (χ0) is 17.3. The zero-order valence-electron chi connectivity index (χ0n) is 12.1. The molecule has 2 aromatic heterocycles. The Morgan fingerprint density at radius 3 is 2.67 bits per heavy atom. The number of phenolic OH excluding ortho intramolecular Hbond substituents is 1. The minimum atomic E-state index is -0.748. The highest BCUT2D eigenvalue weighted by molar-refractivity contribution is 6.31. The molecular formula is C16H10Cl2N2O4. The largest absolute Gasteiger partial charge is 0.507 e. The first-order valence-electron chi connectivity index (χ1n) is 6.77. The molecule has 0 radical (unpaired) electrons. The molecule has 3 aromatic rings. The minimum absolute atomic E-state index is 0.0244. The molecule has 0 atom stereocenters. The van der Waals surface area contributed by atoms with Crippen LogP contribution in [0.4, 0.5) is 0 Å². The summed E-state index contributed by atoms with van der Waals surface area (Å²) in [5.41, 5.74) is 0.294. The van der Waals surface area contributed by atoms with Gasteiger partial charge in [0.25, 0.3) is 5.56 Å². The molecule has 24 heavy (non-hydrogen) atoms. The fourth-order valence-corrected chi connectivity index (χ4v) is 2.42. The molecule has 122 valence electrons. The van der Waals surface area contributed by atoms with Gasteiger partial charge in [-0.3, -0.25) is 9.20 Å². The average Bonchev–Trinajstić information content (AvgIpc) is 2.53. The summed E-state index contributed by atoms with van der Waals surface area (Å²) in [6, 6.07) is 8.48. The van der Waals surface area contributed by atoms with Crippen LogP contribution in [0.5, 0.6) is 5.75 Å². The van der Waals surface area contributed by atoms with Crippen LogP contribution in [-0.2, 0) is 11.3 Å². The summed E-state index contributed by atoms with van der Waals surface area (Å²) >= 11 is 11.5. The second kappa shape index (κ2) is 6.51. The zero-order valence-corrected chi connectivity index (χ0v) is 13.6. The van der Waals surface area contributed by atoms with Crippen molar-refractivity contribution in [1.82, 2.24) is 9.38 Å². The van der Waals surface area contributed by atoms with Crippen molar-refractivity contribution in [2.24, 2.45) is 0 Å². The lowest BCUT2D eigenvalue weighted by Gasteiger charge is -2.07. The van der Waals surface area contributed by atoms with Crippen LogP contribution in [0.15, 0.2) is 47.4 Å². The van der Waals surface area contributed by atoms with Crippen LogP contribution in [-0.4, -0.2) is 20.5 Å². The van der Waals surface area contributed by atoms with Gasteiger partial charge in [0, 0.05) is 17.3 Å². The van der Waals surface area contributed by atoms with E-state index < -0.39 is 5.97 Å². The maximum Gasteiger partial charge on any atom is 0.342 e. The van der Waals surface area contributed by atoms with Gasteiger partial charge in [-0.05, 0) is 30.3 Å². The highest BCUT2D eigenvalue weighted by Crippen LogP contribution is 2.22. The first kappa shape index (κ1) is 16.3. The van der Waals surface area contributed by atoms with Gasteiger partial charge in [0.15, 0.2) is 0 Å². The number of carbonyl (C=O) groups excluding carboxylic acids is 1. The molecule has 8 heteroatoms. The number of ether oxygens (including phenoxy) is 1. The van der Waals surface area contributed by atoms with E-state index >= 15 is 0 Å². The number of hydrogen-bond acceptors (Lipinski definition) is 5. The van der Waals surface area contributed by atoms with E-state index in [2.05, 4.69) is 4.98 Å². The van der Waals surface area contributed by atoms with Crippen LogP contribution in [0.25, 0.3) is 5.65 Å². The number of aromatic hydroxyl groups is 1. The summed E-state index contributed by atoms with van der Waals surface area (Å²) in [6.45, 7) is -0.213. The Labute approximate surface area is 145 Å². The molecule has 0 bridgehead atoms. The molecule has 0 unspecified atom stereocenters. The Morgan fingerprint density at radius 1 is 1.17 bits per heavy atom. The topological polar surface area (TPSA) is 80.9 Å². The molecule has 0 saturated carbocycles.